The summed E-state index contributed by atoms with van der Waals surface area (Å²) in [5, 5.41) is 0. The van der Waals surface area contributed by atoms with Gasteiger partial charge in [-0.1, -0.05) is 44.4 Å². The van der Waals surface area contributed by atoms with Crippen LogP contribution >= 0.6 is 0 Å². The lowest BCUT2D eigenvalue weighted by atomic mass is 9.91. The molecule has 0 fully saturated rings. The summed E-state index contributed by atoms with van der Waals surface area (Å²) in [6, 6.07) is 5.08. The molecule has 0 radical (unpaired) electrons. The van der Waals surface area contributed by atoms with E-state index in [1.807, 2.05) is 13.0 Å². The minimum atomic E-state index is -0.176. The van der Waals surface area contributed by atoms with E-state index in [0.29, 0.717) is 11.5 Å². The zero-order chi connectivity index (χ0) is 12.8. The van der Waals surface area contributed by atoms with Gasteiger partial charge in [-0.3, -0.25) is 11.3 Å². The van der Waals surface area contributed by atoms with Gasteiger partial charge in [-0.25, -0.2) is 4.39 Å². The van der Waals surface area contributed by atoms with Crippen molar-refractivity contribution in [3.05, 3.63) is 35.1 Å². The summed E-state index contributed by atoms with van der Waals surface area (Å²) >= 11 is 0. The van der Waals surface area contributed by atoms with Crippen molar-refractivity contribution in [2.75, 3.05) is 0 Å². The van der Waals surface area contributed by atoms with E-state index in [1.165, 1.54) is 6.07 Å². The molecule has 0 saturated carbocycles. The first-order valence-corrected chi connectivity index (χ1v) is 6.34. The largest absolute Gasteiger partial charge is 0.271 e. The van der Waals surface area contributed by atoms with E-state index in [1.54, 1.807) is 6.07 Å². The molecule has 0 aliphatic carbocycles. The van der Waals surface area contributed by atoms with Gasteiger partial charge in [-0.2, -0.15) is 0 Å². The number of halogens is 1. The molecule has 2 nitrogen and oxygen atoms in total. The van der Waals surface area contributed by atoms with Crippen LogP contribution < -0.4 is 11.3 Å². The molecule has 1 unspecified atom stereocenters. The van der Waals surface area contributed by atoms with E-state index in [0.717, 1.165) is 24.8 Å². The van der Waals surface area contributed by atoms with Gasteiger partial charge >= 0.3 is 0 Å². The van der Waals surface area contributed by atoms with Crippen molar-refractivity contribution in [3.8, 4) is 0 Å². The highest BCUT2D eigenvalue weighted by molar-refractivity contribution is 5.26. The van der Waals surface area contributed by atoms with E-state index in [-0.39, 0.29) is 11.9 Å². The van der Waals surface area contributed by atoms with Crippen molar-refractivity contribution in [1.82, 2.24) is 5.43 Å². The minimum Gasteiger partial charge on any atom is -0.271 e. The molecule has 3 heteroatoms. The number of nitrogens with two attached hydrogens (primary N) is 1. The van der Waals surface area contributed by atoms with Crippen LogP contribution in [0.1, 0.15) is 50.3 Å². The van der Waals surface area contributed by atoms with Crippen LogP contribution in [0.15, 0.2) is 18.2 Å². The Kier molecular flexibility index (Phi) is 5.59. The first-order valence-electron chi connectivity index (χ1n) is 6.34. The van der Waals surface area contributed by atoms with E-state index in [4.69, 9.17) is 5.84 Å². The van der Waals surface area contributed by atoms with Crippen LogP contribution in [0.25, 0.3) is 0 Å². The third-order valence-corrected chi connectivity index (χ3v) is 3.45. The molecule has 0 aromatic heterocycles. The average Bonchev–Trinajstić information content (AvgIpc) is 2.34. The van der Waals surface area contributed by atoms with Gasteiger partial charge in [0.15, 0.2) is 0 Å². The van der Waals surface area contributed by atoms with Crippen LogP contribution in [0.2, 0.25) is 0 Å². The van der Waals surface area contributed by atoms with Gasteiger partial charge in [0.25, 0.3) is 0 Å². The topological polar surface area (TPSA) is 38.0 Å². The second kappa shape index (κ2) is 6.72. The number of nitrogens with one attached hydrogen (secondary N) is 1. The van der Waals surface area contributed by atoms with Gasteiger partial charge < -0.3 is 0 Å². The maximum atomic E-state index is 13.8. The number of hydrogen-bond acceptors (Lipinski definition) is 2. The highest BCUT2D eigenvalue weighted by Gasteiger charge is 2.18. The highest BCUT2D eigenvalue weighted by Crippen LogP contribution is 2.27. The minimum absolute atomic E-state index is 0.0974. The number of aryl methyl sites for hydroxylation is 1. The smallest absolute Gasteiger partial charge is 0.128 e. The highest BCUT2D eigenvalue weighted by atomic mass is 19.1. The Morgan fingerprint density at radius 3 is 2.47 bits per heavy atom. The summed E-state index contributed by atoms with van der Waals surface area (Å²) in [6.45, 7) is 6.29. The number of benzene rings is 1. The number of rotatable bonds is 6. The molecule has 0 saturated heterocycles. The zero-order valence-electron chi connectivity index (χ0n) is 11.0. The van der Waals surface area contributed by atoms with E-state index in [9.17, 15) is 4.39 Å². The predicted octanol–water partition coefficient (Wildman–Crippen LogP) is 3.46. The fourth-order valence-electron chi connectivity index (χ4n) is 2.17. The maximum absolute atomic E-state index is 13.8. The van der Waals surface area contributed by atoms with Crippen LogP contribution in [0, 0.1) is 18.7 Å². The Bertz CT molecular complexity index is 348. The van der Waals surface area contributed by atoms with Crippen molar-refractivity contribution in [2.45, 2.75) is 46.1 Å². The summed E-state index contributed by atoms with van der Waals surface area (Å²) in [7, 11) is 0. The molecule has 0 spiro atoms. The molecule has 96 valence electrons. The molecule has 3 N–H and O–H groups in total. The van der Waals surface area contributed by atoms with E-state index >= 15 is 0 Å². The molecular formula is C14H23FN2. The lowest BCUT2D eigenvalue weighted by Crippen LogP contribution is -2.30. The Balaban J connectivity index is 2.89. The molecule has 1 rings (SSSR count). The summed E-state index contributed by atoms with van der Waals surface area (Å²) in [5.74, 6) is 5.97. The summed E-state index contributed by atoms with van der Waals surface area (Å²) in [6.07, 6.45) is 3.08. The van der Waals surface area contributed by atoms with Crippen molar-refractivity contribution in [2.24, 2.45) is 11.8 Å². The fraction of sp³-hybridized carbons (Fsp3) is 0.571. The molecule has 0 bridgehead atoms. The Morgan fingerprint density at radius 1 is 1.29 bits per heavy atom. The SMILES string of the molecule is CCC(CC)CC(NN)c1cc(C)ccc1F. The molecule has 0 heterocycles. The molecule has 0 aliphatic heterocycles. The second-order valence-corrected chi connectivity index (χ2v) is 4.66. The standard InChI is InChI=1S/C14H23FN2/c1-4-11(5-2)9-14(17-16)12-8-10(3)6-7-13(12)15/h6-8,11,14,17H,4-5,9,16H2,1-3H3. The van der Waals surface area contributed by atoms with Crippen molar-refractivity contribution < 1.29 is 4.39 Å². The third-order valence-electron chi connectivity index (χ3n) is 3.45. The maximum Gasteiger partial charge on any atom is 0.128 e. The van der Waals surface area contributed by atoms with E-state index in [2.05, 4.69) is 19.3 Å². The molecule has 1 atom stereocenters. The number of hydrazine groups is 1. The van der Waals surface area contributed by atoms with Gasteiger partial charge in [-0.15, -0.1) is 0 Å². The Morgan fingerprint density at radius 2 is 1.94 bits per heavy atom. The molecule has 1 aromatic rings. The fourth-order valence-corrected chi connectivity index (χ4v) is 2.17. The van der Waals surface area contributed by atoms with Gasteiger partial charge in [0.05, 0.1) is 0 Å². The van der Waals surface area contributed by atoms with Crippen LogP contribution in [-0.4, -0.2) is 0 Å². The first kappa shape index (κ1) is 14.1. The second-order valence-electron chi connectivity index (χ2n) is 4.66. The van der Waals surface area contributed by atoms with Crippen LogP contribution in [0.4, 0.5) is 4.39 Å². The monoisotopic (exact) mass is 238 g/mol. The summed E-state index contributed by atoms with van der Waals surface area (Å²) in [5.41, 5.74) is 4.49. The molecule has 1 aromatic carbocycles. The molecule has 17 heavy (non-hydrogen) atoms. The van der Waals surface area contributed by atoms with Crippen molar-refractivity contribution >= 4 is 0 Å². The van der Waals surface area contributed by atoms with Gasteiger partial charge in [0.1, 0.15) is 5.82 Å². The lowest BCUT2D eigenvalue weighted by molar-refractivity contribution is 0.367. The molecule has 0 amide bonds. The Labute approximate surface area is 103 Å². The quantitative estimate of drug-likeness (QED) is 0.588. The van der Waals surface area contributed by atoms with Crippen LogP contribution in [0.3, 0.4) is 0 Å². The van der Waals surface area contributed by atoms with Crippen LogP contribution in [-0.2, 0) is 0 Å². The van der Waals surface area contributed by atoms with Gasteiger partial charge in [0, 0.05) is 11.6 Å². The number of hydrogen-bond donors (Lipinski definition) is 2. The van der Waals surface area contributed by atoms with Crippen LogP contribution in [0.5, 0.6) is 0 Å². The van der Waals surface area contributed by atoms with Crippen molar-refractivity contribution in [1.29, 1.82) is 0 Å². The molecule has 0 aliphatic rings. The van der Waals surface area contributed by atoms with Gasteiger partial charge in [0.2, 0.25) is 0 Å². The van der Waals surface area contributed by atoms with Gasteiger partial charge in [-0.05, 0) is 25.3 Å². The predicted molar refractivity (Wildman–Crippen MR) is 69.9 cm³/mol. The van der Waals surface area contributed by atoms with E-state index < -0.39 is 0 Å². The third kappa shape index (κ3) is 3.79. The average molecular weight is 238 g/mol. The lowest BCUT2D eigenvalue weighted by Gasteiger charge is -2.22. The normalized spacial score (nSPS) is 13.1. The summed E-state index contributed by atoms with van der Waals surface area (Å²) < 4.78 is 13.8. The first-order chi connectivity index (χ1) is 8.12. The Hall–Kier alpha value is -0.930. The molecular weight excluding hydrogens is 215 g/mol. The van der Waals surface area contributed by atoms with Crippen molar-refractivity contribution in [3.63, 3.8) is 0 Å². The summed E-state index contributed by atoms with van der Waals surface area (Å²) in [4.78, 5) is 0. The zero-order valence-corrected chi connectivity index (χ0v) is 11.0.